The van der Waals surface area contributed by atoms with E-state index in [9.17, 15) is 9.59 Å². The lowest BCUT2D eigenvalue weighted by Gasteiger charge is -2.14. The zero-order chi connectivity index (χ0) is 14.1. The van der Waals surface area contributed by atoms with E-state index >= 15 is 0 Å². The fourth-order valence-electron chi connectivity index (χ4n) is 1.76. The summed E-state index contributed by atoms with van der Waals surface area (Å²) in [5.41, 5.74) is 6.15. The van der Waals surface area contributed by atoms with E-state index in [0.29, 0.717) is 31.6 Å². The van der Waals surface area contributed by atoms with Crippen LogP contribution in [0.1, 0.15) is 18.4 Å². The topological polar surface area (TPSA) is 72.2 Å². The summed E-state index contributed by atoms with van der Waals surface area (Å²) in [7, 11) is 0. The third-order valence-electron chi connectivity index (χ3n) is 2.82. The fourth-order valence-corrected chi connectivity index (χ4v) is 2.05. The molecule has 0 spiro atoms. The van der Waals surface area contributed by atoms with Crippen molar-refractivity contribution in [1.29, 1.82) is 0 Å². The smallest absolute Gasteiger partial charge is 0.224 e. The van der Waals surface area contributed by atoms with Crippen LogP contribution in [-0.4, -0.2) is 24.1 Å². The number of rotatable bonds is 8. The zero-order valence-electron chi connectivity index (χ0n) is 10.8. The van der Waals surface area contributed by atoms with Gasteiger partial charge in [0.2, 0.25) is 11.8 Å². The first-order chi connectivity index (χ1) is 9.13. The van der Waals surface area contributed by atoms with Crippen LogP contribution in [0, 0.1) is 5.92 Å². The van der Waals surface area contributed by atoms with E-state index in [4.69, 9.17) is 5.73 Å². The molecule has 4 nitrogen and oxygen atoms in total. The summed E-state index contributed by atoms with van der Waals surface area (Å²) < 4.78 is 0. The number of hydrogen-bond donors (Lipinski definition) is 3. The molecule has 19 heavy (non-hydrogen) atoms. The maximum Gasteiger partial charge on any atom is 0.224 e. The average molecular weight is 280 g/mol. The molecule has 3 N–H and O–H groups in total. The second kappa shape index (κ2) is 8.58. The van der Waals surface area contributed by atoms with Crippen molar-refractivity contribution < 1.29 is 9.59 Å². The summed E-state index contributed by atoms with van der Waals surface area (Å²) in [5, 5.41) is 2.81. The number of carbonyl (C=O) groups is 2. The van der Waals surface area contributed by atoms with Crippen molar-refractivity contribution in [2.24, 2.45) is 11.7 Å². The van der Waals surface area contributed by atoms with Gasteiger partial charge in [-0.2, -0.15) is 12.6 Å². The number of nitrogens with two attached hydrogens (primary N) is 1. The number of benzene rings is 1. The number of amides is 2. The minimum Gasteiger partial charge on any atom is -0.370 e. The van der Waals surface area contributed by atoms with E-state index < -0.39 is 0 Å². The fraction of sp³-hybridized carbons (Fsp3) is 0.429. The van der Waals surface area contributed by atoms with Gasteiger partial charge in [-0.25, -0.2) is 0 Å². The minimum atomic E-state index is -0.343. The molecule has 2 amide bonds. The molecule has 104 valence electrons. The van der Waals surface area contributed by atoms with Crippen LogP contribution in [0.3, 0.4) is 0 Å². The molecule has 0 radical (unpaired) electrons. The molecular formula is C14H20N2O2S. The Morgan fingerprint density at radius 2 is 1.95 bits per heavy atom. The highest BCUT2D eigenvalue weighted by molar-refractivity contribution is 7.80. The molecule has 5 heteroatoms. The molecule has 1 atom stereocenters. The minimum absolute atomic E-state index is 0.0247. The molecule has 1 rings (SSSR count). The van der Waals surface area contributed by atoms with Crippen molar-refractivity contribution in [2.45, 2.75) is 19.3 Å². The number of thiol groups is 1. The standard InChI is InChI=1S/C14H20N2O2S/c15-13(17)7-4-8-16-14(18)12(10-19)9-11-5-2-1-3-6-11/h1-3,5-6,12,19H,4,7-10H2,(H2,15,17)(H,16,18). The van der Waals surface area contributed by atoms with E-state index in [2.05, 4.69) is 17.9 Å². The summed E-state index contributed by atoms with van der Waals surface area (Å²) in [6.45, 7) is 0.473. The highest BCUT2D eigenvalue weighted by Crippen LogP contribution is 2.10. The Hall–Kier alpha value is -1.49. The summed E-state index contributed by atoms with van der Waals surface area (Å²) in [4.78, 5) is 22.5. The monoisotopic (exact) mass is 280 g/mol. The molecule has 0 aliphatic heterocycles. The number of carbonyl (C=O) groups excluding carboxylic acids is 2. The van der Waals surface area contributed by atoms with Crippen LogP contribution in [0.5, 0.6) is 0 Å². The zero-order valence-corrected chi connectivity index (χ0v) is 11.7. The Morgan fingerprint density at radius 3 is 2.53 bits per heavy atom. The highest BCUT2D eigenvalue weighted by Gasteiger charge is 2.16. The molecule has 1 unspecified atom stereocenters. The van der Waals surface area contributed by atoms with Gasteiger partial charge in [0.05, 0.1) is 5.92 Å². The van der Waals surface area contributed by atoms with Crippen LogP contribution in [0.15, 0.2) is 30.3 Å². The van der Waals surface area contributed by atoms with Crippen LogP contribution in [-0.2, 0) is 16.0 Å². The summed E-state index contributed by atoms with van der Waals surface area (Å²) >= 11 is 4.23. The molecule has 1 aromatic carbocycles. The lowest BCUT2D eigenvalue weighted by molar-refractivity contribution is -0.124. The molecule has 1 aromatic rings. The Balaban J connectivity index is 2.37. The SMILES string of the molecule is NC(=O)CCCNC(=O)C(CS)Cc1ccccc1. The van der Waals surface area contributed by atoms with Gasteiger partial charge in [0, 0.05) is 18.7 Å². The van der Waals surface area contributed by atoms with Gasteiger partial charge in [-0.3, -0.25) is 9.59 Å². The third-order valence-corrected chi connectivity index (χ3v) is 3.26. The number of nitrogens with one attached hydrogen (secondary N) is 1. The largest absolute Gasteiger partial charge is 0.370 e. The third kappa shape index (κ3) is 6.29. The van der Waals surface area contributed by atoms with Gasteiger partial charge in [0.25, 0.3) is 0 Å². The molecule has 0 saturated carbocycles. The predicted octanol–water partition coefficient (Wildman–Crippen LogP) is 1.16. The van der Waals surface area contributed by atoms with Crippen LogP contribution in [0.2, 0.25) is 0 Å². The van der Waals surface area contributed by atoms with E-state index in [-0.39, 0.29) is 17.7 Å². The molecule has 0 fully saturated rings. The summed E-state index contributed by atoms with van der Waals surface area (Å²) in [6.07, 6.45) is 1.54. The van der Waals surface area contributed by atoms with Gasteiger partial charge >= 0.3 is 0 Å². The maximum absolute atomic E-state index is 11.9. The number of hydrogen-bond acceptors (Lipinski definition) is 3. The molecule has 0 aromatic heterocycles. The van der Waals surface area contributed by atoms with Crippen molar-refractivity contribution in [1.82, 2.24) is 5.32 Å². The van der Waals surface area contributed by atoms with Crippen LogP contribution in [0.25, 0.3) is 0 Å². The first-order valence-corrected chi connectivity index (χ1v) is 6.97. The van der Waals surface area contributed by atoms with Gasteiger partial charge < -0.3 is 11.1 Å². The van der Waals surface area contributed by atoms with Gasteiger partial charge in [0.1, 0.15) is 0 Å². The predicted molar refractivity (Wildman–Crippen MR) is 78.9 cm³/mol. The van der Waals surface area contributed by atoms with Crippen molar-refractivity contribution >= 4 is 24.4 Å². The van der Waals surface area contributed by atoms with Gasteiger partial charge in [-0.15, -0.1) is 0 Å². The van der Waals surface area contributed by atoms with Crippen LogP contribution < -0.4 is 11.1 Å². The van der Waals surface area contributed by atoms with Crippen LogP contribution >= 0.6 is 12.6 Å². The first kappa shape index (κ1) is 15.6. The van der Waals surface area contributed by atoms with E-state index in [1.165, 1.54) is 0 Å². The first-order valence-electron chi connectivity index (χ1n) is 6.34. The second-order valence-electron chi connectivity index (χ2n) is 4.43. The van der Waals surface area contributed by atoms with E-state index in [0.717, 1.165) is 5.56 Å². The highest BCUT2D eigenvalue weighted by atomic mass is 32.1. The molecule has 0 bridgehead atoms. The van der Waals surface area contributed by atoms with Gasteiger partial charge in [0.15, 0.2) is 0 Å². The Labute approximate surface area is 119 Å². The van der Waals surface area contributed by atoms with E-state index in [1.54, 1.807) is 0 Å². The maximum atomic E-state index is 11.9. The van der Waals surface area contributed by atoms with Crippen molar-refractivity contribution in [3.63, 3.8) is 0 Å². The van der Waals surface area contributed by atoms with E-state index in [1.807, 2.05) is 30.3 Å². The van der Waals surface area contributed by atoms with Gasteiger partial charge in [-0.1, -0.05) is 30.3 Å². The molecule has 0 aliphatic carbocycles. The Morgan fingerprint density at radius 1 is 1.26 bits per heavy atom. The van der Waals surface area contributed by atoms with Crippen LogP contribution in [0.4, 0.5) is 0 Å². The second-order valence-corrected chi connectivity index (χ2v) is 4.80. The summed E-state index contributed by atoms with van der Waals surface area (Å²) in [5.74, 6) is -0.0248. The van der Waals surface area contributed by atoms with Gasteiger partial charge in [-0.05, 0) is 18.4 Å². The Kier molecular flexibility index (Phi) is 7.03. The molecule has 0 saturated heterocycles. The lowest BCUT2D eigenvalue weighted by atomic mass is 10.0. The quantitative estimate of drug-likeness (QED) is 0.494. The van der Waals surface area contributed by atoms with Crippen molar-refractivity contribution in [2.75, 3.05) is 12.3 Å². The van der Waals surface area contributed by atoms with Crippen molar-refractivity contribution in [3.8, 4) is 0 Å². The molecule has 0 aliphatic rings. The molecular weight excluding hydrogens is 260 g/mol. The lowest BCUT2D eigenvalue weighted by Crippen LogP contribution is -2.34. The summed E-state index contributed by atoms with van der Waals surface area (Å²) in [6, 6.07) is 9.85. The number of primary amides is 1. The Bertz CT molecular complexity index is 409. The average Bonchev–Trinajstić information content (AvgIpc) is 2.41. The molecule has 0 heterocycles. The normalized spacial score (nSPS) is 11.8. The van der Waals surface area contributed by atoms with Crippen molar-refractivity contribution in [3.05, 3.63) is 35.9 Å².